The summed E-state index contributed by atoms with van der Waals surface area (Å²) in [5.41, 5.74) is 3.31. The number of nitrogens with zero attached hydrogens (tertiary/aromatic N) is 2. The van der Waals surface area contributed by atoms with Gasteiger partial charge < -0.3 is 10.2 Å². The molecule has 0 fully saturated rings. The SMILES string of the molecule is Cc1cc(Br)cnc1Nc1cccc(N(C)C)c1. The normalized spacial score (nSPS) is 10.2. The van der Waals surface area contributed by atoms with Crippen LogP contribution in [0.2, 0.25) is 0 Å². The summed E-state index contributed by atoms with van der Waals surface area (Å²) in [7, 11) is 4.06. The van der Waals surface area contributed by atoms with E-state index in [-0.39, 0.29) is 0 Å². The second-order valence-electron chi connectivity index (χ2n) is 4.39. The van der Waals surface area contributed by atoms with Gasteiger partial charge in [0.25, 0.3) is 0 Å². The Kier molecular flexibility index (Phi) is 3.87. The van der Waals surface area contributed by atoms with Crippen molar-refractivity contribution in [2.24, 2.45) is 0 Å². The Balaban J connectivity index is 2.25. The highest BCUT2D eigenvalue weighted by Crippen LogP contribution is 2.23. The van der Waals surface area contributed by atoms with Crippen LogP contribution in [0.15, 0.2) is 41.0 Å². The Bertz CT molecular complexity index is 552. The maximum atomic E-state index is 4.38. The largest absolute Gasteiger partial charge is 0.378 e. The molecule has 0 radical (unpaired) electrons. The predicted molar refractivity (Wildman–Crippen MR) is 80.7 cm³/mol. The molecule has 0 spiro atoms. The van der Waals surface area contributed by atoms with E-state index in [1.807, 2.05) is 39.2 Å². The average molecular weight is 306 g/mol. The maximum Gasteiger partial charge on any atom is 0.133 e. The second kappa shape index (κ2) is 5.40. The van der Waals surface area contributed by atoms with E-state index < -0.39 is 0 Å². The Morgan fingerprint density at radius 2 is 2.00 bits per heavy atom. The minimum absolute atomic E-state index is 0.883. The smallest absolute Gasteiger partial charge is 0.133 e. The van der Waals surface area contributed by atoms with Crippen LogP contribution >= 0.6 is 15.9 Å². The van der Waals surface area contributed by atoms with E-state index in [0.29, 0.717) is 0 Å². The molecule has 1 N–H and O–H groups in total. The molecule has 2 aromatic rings. The summed E-state index contributed by atoms with van der Waals surface area (Å²) in [5.74, 6) is 0.883. The van der Waals surface area contributed by atoms with E-state index in [4.69, 9.17) is 0 Å². The number of hydrogen-bond donors (Lipinski definition) is 1. The van der Waals surface area contributed by atoms with Crippen LogP contribution in [0.4, 0.5) is 17.2 Å². The third-order valence-corrected chi connectivity index (χ3v) is 3.10. The first kappa shape index (κ1) is 12.9. The molecule has 0 atom stereocenters. The lowest BCUT2D eigenvalue weighted by atomic mass is 10.2. The number of halogens is 1. The zero-order valence-electron chi connectivity index (χ0n) is 10.7. The van der Waals surface area contributed by atoms with Crippen molar-refractivity contribution in [1.29, 1.82) is 0 Å². The van der Waals surface area contributed by atoms with Crippen molar-refractivity contribution in [1.82, 2.24) is 4.98 Å². The molecule has 94 valence electrons. The lowest BCUT2D eigenvalue weighted by molar-refractivity contribution is 1.13. The standard InChI is InChI=1S/C14H16BrN3/c1-10-7-11(15)9-16-14(10)17-12-5-4-6-13(8-12)18(2)3/h4-9H,1-3H3,(H,16,17). The van der Waals surface area contributed by atoms with E-state index in [0.717, 1.165) is 27.2 Å². The van der Waals surface area contributed by atoms with Gasteiger partial charge in [-0.05, 0) is 52.7 Å². The van der Waals surface area contributed by atoms with Gasteiger partial charge in [-0.1, -0.05) is 6.07 Å². The lowest BCUT2D eigenvalue weighted by Gasteiger charge is -2.15. The average Bonchev–Trinajstić information content (AvgIpc) is 2.33. The monoisotopic (exact) mass is 305 g/mol. The summed E-state index contributed by atoms with van der Waals surface area (Å²) < 4.78 is 0.993. The molecule has 0 amide bonds. The van der Waals surface area contributed by atoms with Crippen molar-refractivity contribution in [2.45, 2.75) is 6.92 Å². The summed E-state index contributed by atoms with van der Waals surface area (Å²) >= 11 is 3.42. The molecule has 3 nitrogen and oxygen atoms in total. The number of rotatable bonds is 3. The Labute approximate surface area is 116 Å². The summed E-state index contributed by atoms with van der Waals surface area (Å²) in [6, 6.07) is 10.3. The summed E-state index contributed by atoms with van der Waals surface area (Å²) in [6.07, 6.45) is 1.80. The van der Waals surface area contributed by atoms with Gasteiger partial charge in [0.05, 0.1) is 0 Å². The molecule has 4 heteroatoms. The molecule has 0 aliphatic rings. The molecular formula is C14H16BrN3. The van der Waals surface area contributed by atoms with Crippen molar-refractivity contribution < 1.29 is 0 Å². The molecular weight excluding hydrogens is 290 g/mol. The first-order chi connectivity index (χ1) is 8.56. The van der Waals surface area contributed by atoms with Gasteiger partial charge in [-0.15, -0.1) is 0 Å². The van der Waals surface area contributed by atoms with Crippen molar-refractivity contribution in [3.05, 3.63) is 46.6 Å². The van der Waals surface area contributed by atoms with Gasteiger partial charge in [0.15, 0.2) is 0 Å². The Morgan fingerprint density at radius 3 is 2.67 bits per heavy atom. The molecule has 0 saturated carbocycles. The van der Waals surface area contributed by atoms with E-state index >= 15 is 0 Å². The molecule has 0 bridgehead atoms. The minimum Gasteiger partial charge on any atom is -0.378 e. The molecule has 1 aromatic carbocycles. The van der Waals surface area contributed by atoms with Crippen LogP contribution in [0.3, 0.4) is 0 Å². The van der Waals surface area contributed by atoms with Gasteiger partial charge in [-0.3, -0.25) is 0 Å². The van der Waals surface area contributed by atoms with Crippen LogP contribution in [-0.2, 0) is 0 Å². The van der Waals surface area contributed by atoms with Crippen molar-refractivity contribution in [3.63, 3.8) is 0 Å². The fourth-order valence-corrected chi connectivity index (χ4v) is 2.12. The van der Waals surface area contributed by atoms with Crippen LogP contribution < -0.4 is 10.2 Å². The number of anilines is 3. The van der Waals surface area contributed by atoms with Crippen molar-refractivity contribution >= 4 is 33.1 Å². The highest BCUT2D eigenvalue weighted by molar-refractivity contribution is 9.10. The fourth-order valence-electron chi connectivity index (χ4n) is 1.67. The van der Waals surface area contributed by atoms with Crippen LogP contribution in [-0.4, -0.2) is 19.1 Å². The van der Waals surface area contributed by atoms with Gasteiger partial charge >= 0.3 is 0 Å². The topological polar surface area (TPSA) is 28.2 Å². The number of pyridine rings is 1. The van der Waals surface area contributed by atoms with Gasteiger partial charge in [-0.2, -0.15) is 0 Å². The lowest BCUT2D eigenvalue weighted by Crippen LogP contribution is -2.08. The van der Waals surface area contributed by atoms with Crippen molar-refractivity contribution in [2.75, 3.05) is 24.3 Å². The van der Waals surface area contributed by atoms with E-state index in [2.05, 4.69) is 43.3 Å². The molecule has 1 heterocycles. The first-order valence-corrected chi connectivity index (χ1v) is 6.52. The Morgan fingerprint density at radius 1 is 1.22 bits per heavy atom. The molecule has 18 heavy (non-hydrogen) atoms. The number of benzene rings is 1. The molecule has 0 saturated heterocycles. The fraction of sp³-hybridized carbons (Fsp3) is 0.214. The minimum atomic E-state index is 0.883. The van der Waals surface area contributed by atoms with E-state index in [1.54, 1.807) is 6.20 Å². The summed E-state index contributed by atoms with van der Waals surface area (Å²) in [5, 5.41) is 3.34. The number of aromatic nitrogens is 1. The third-order valence-electron chi connectivity index (χ3n) is 2.67. The van der Waals surface area contributed by atoms with E-state index in [9.17, 15) is 0 Å². The zero-order chi connectivity index (χ0) is 13.1. The molecule has 1 aromatic heterocycles. The number of hydrogen-bond acceptors (Lipinski definition) is 3. The van der Waals surface area contributed by atoms with Gasteiger partial charge in [0.1, 0.15) is 5.82 Å². The zero-order valence-corrected chi connectivity index (χ0v) is 12.3. The predicted octanol–water partition coefficient (Wildman–Crippen LogP) is 3.96. The number of nitrogens with one attached hydrogen (secondary N) is 1. The van der Waals surface area contributed by atoms with Crippen molar-refractivity contribution in [3.8, 4) is 0 Å². The van der Waals surface area contributed by atoms with E-state index in [1.165, 1.54) is 0 Å². The quantitative estimate of drug-likeness (QED) is 0.930. The first-order valence-electron chi connectivity index (χ1n) is 5.73. The second-order valence-corrected chi connectivity index (χ2v) is 5.30. The highest BCUT2D eigenvalue weighted by Gasteiger charge is 2.02. The van der Waals surface area contributed by atoms with Crippen LogP contribution in [0, 0.1) is 6.92 Å². The summed E-state index contributed by atoms with van der Waals surface area (Å²) in [6.45, 7) is 2.04. The molecule has 0 aliphatic heterocycles. The summed E-state index contributed by atoms with van der Waals surface area (Å²) in [4.78, 5) is 6.45. The van der Waals surface area contributed by atoms with Crippen LogP contribution in [0.25, 0.3) is 0 Å². The van der Waals surface area contributed by atoms with Crippen LogP contribution in [0.5, 0.6) is 0 Å². The maximum absolute atomic E-state index is 4.38. The van der Waals surface area contributed by atoms with Gasteiger partial charge in [0, 0.05) is 36.1 Å². The van der Waals surface area contributed by atoms with Gasteiger partial charge in [-0.25, -0.2) is 4.98 Å². The number of aryl methyl sites for hydroxylation is 1. The molecule has 0 unspecified atom stereocenters. The van der Waals surface area contributed by atoms with Gasteiger partial charge in [0.2, 0.25) is 0 Å². The molecule has 2 rings (SSSR count). The highest BCUT2D eigenvalue weighted by atomic mass is 79.9. The third kappa shape index (κ3) is 3.01. The van der Waals surface area contributed by atoms with Crippen LogP contribution in [0.1, 0.15) is 5.56 Å². The Hall–Kier alpha value is -1.55. The molecule has 0 aliphatic carbocycles.